The maximum absolute atomic E-state index is 9.72. The Morgan fingerprint density at radius 3 is 2.52 bits per heavy atom. The highest BCUT2D eigenvalue weighted by Gasteiger charge is 2.22. The molecule has 156 valence electrons. The molecule has 0 amide bonds. The highest BCUT2D eigenvalue weighted by atomic mass is 16.5. The topological polar surface area (TPSA) is 56.2 Å². The molecule has 2 aliphatic heterocycles. The number of nitrogens with zero attached hydrogens (tertiary/aromatic N) is 2. The molecule has 1 atom stereocenters. The summed E-state index contributed by atoms with van der Waals surface area (Å²) in [4.78, 5) is 4.91. The maximum atomic E-state index is 9.72. The van der Waals surface area contributed by atoms with Crippen molar-refractivity contribution in [2.75, 3.05) is 26.2 Å². The van der Waals surface area contributed by atoms with Gasteiger partial charge in [-0.3, -0.25) is 9.80 Å². The van der Waals surface area contributed by atoms with Crippen LogP contribution >= 0.6 is 0 Å². The molecule has 0 bridgehead atoms. The lowest BCUT2D eigenvalue weighted by Crippen LogP contribution is -2.36. The number of rotatable bonds is 5. The zero-order valence-corrected chi connectivity index (χ0v) is 17.3. The normalized spacial score (nSPS) is 19.9. The minimum atomic E-state index is -0.129. The number of likely N-dealkylation sites (tertiary alicyclic amines) is 1. The van der Waals surface area contributed by atoms with Crippen LogP contribution in [0.3, 0.4) is 0 Å². The predicted octanol–water partition coefficient (Wildman–Crippen LogP) is 3.17. The van der Waals surface area contributed by atoms with Crippen LogP contribution in [-0.2, 0) is 19.5 Å². The standard InChI is InChI=1S/C24H32N2O3/c1-18(14-19-2-5-22(27)6-3-19)26-12-13-29-24-7-4-20(15-21(24)17-26)16-25-10-8-23(28)9-11-25/h2-7,15,18,23,27-28H,8-14,16-17H2,1H3. The Kier molecular flexibility index (Phi) is 6.38. The molecule has 2 heterocycles. The summed E-state index contributed by atoms with van der Waals surface area (Å²) in [6.07, 6.45) is 2.56. The van der Waals surface area contributed by atoms with Gasteiger partial charge in [-0.15, -0.1) is 0 Å². The van der Waals surface area contributed by atoms with Gasteiger partial charge in [0.2, 0.25) is 0 Å². The third-order valence-corrected chi connectivity index (χ3v) is 6.19. The van der Waals surface area contributed by atoms with Gasteiger partial charge in [-0.2, -0.15) is 0 Å². The predicted molar refractivity (Wildman–Crippen MR) is 114 cm³/mol. The number of aliphatic hydroxyl groups excluding tert-OH is 1. The van der Waals surface area contributed by atoms with Crippen LogP contribution in [-0.4, -0.2) is 58.4 Å². The second-order valence-corrected chi connectivity index (χ2v) is 8.49. The lowest BCUT2D eigenvalue weighted by Gasteiger charge is -2.30. The fourth-order valence-electron chi connectivity index (χ4n) is 4.38. The van der Waals surface area contributed by atoms with Crippen molar-refractivity contribution in [1.82, 2.24) is 9.80 Å². The van der Waals surface area contributed by atoms with E-state index in [9.17, 15) is 10.2 Å². The molecule has 5 heteroatoms. The van der Waals surface area contributed by atoms with Crippen molar-refractivity contribution in [1.29, 1.82) is 0 Å². The van der Waals surface area contributed by atoms with Gasteiger partial charge < -0.3 is 14.9 Å². The van der Waals surface area contributed by atoms with Crippen LogP contribution in [0.2, 0.25) is 0 Å². The van der Waals surface area contributed by atoms with E-state index in [-0.39, 0.29) is 6.10 Å². The number of phenolic OH excluding ortho intramolecular Hbond substituents is 1. The fourth-order valence-corrected chi connectivity index (χ4v) is 4.38. The van der Waals surface area contributed by atoms with Gasteiger partial charge in [-0.1, -0.05) is 18.2 Å². The summed E-state index contributed by atoms with van der Waals surface area (Å²) >= 11 is 0. The first kappa shape index (κ1) is 20.2. The van der Waals surface area contributed by atoms with Crippen molar-refractivity contribution < 1.29 is 14.9 Å². The summed E-state index contributed by atoms with van der Waals surface area (Å²) in [7, 11) is 0. The largest absolute Gasteiger partial charge is 0.508 e. The monoisotopic (exact) mass is 396 g/mol. The number of hydrogen-bond acceptors (Lipinski definition) is 5. The van der Waals surface area contributed by atoms with Crippen molar-refractivity contribution >= 4 is 0 Å². The van der Waals surface area contributed by atoms with Gasteiger partial charge in [0.1, 0.15) is 18.1 Å². The first-order chi connectivity index (χ1) is 14.1. The lowest BCUT2D eigenvalue weighted by molar-refractivity contribution is 0.0792. The molecule has 0 aliphatic carbocycles. The van der Waals surface area contributed by atoms with Crippen LogP contribution in [0.15, 0.2) is 42.5 Å². The third-order valence-electron chi connectivity index (χ3n) is 6.19. The Bertz CT molecular complexity index is 800. The molecule has 1 fully saturated rings. The molecular weight excluding hydrogens is 364 g/mol. The number of piperidine rings is 1. The van der Waals surface area contributed by atoms with E-state index in [0.717, 1.165) is 57.7 Å². The number of aliphatic hydroxyl groups is 1. The van der Waals surface area contributed by atoms with Crippen LogP contribution < -0.4 is 4.74 Å². The van der Waals surface area contributed by atoms with E-state index in [1.165, 1.54) is 16.7 Å². The summed E-state index contributed by atoms with van der Waals surface area (Å²) in [5.74, 6) is 1.32. The minimum Gasteiger partial charge on any atom is -0.508 e. The van der Waals surface area contributed by atoms with Crippen LogP contribution in [0.25, 0.3) is 0 Å². The molecule has 1 unspecified atom stereocenters. The van der Waals surface area contributed by atoms with Gasteiger partial charge in [0.25, 0.3) is 0 Å². The lowest BCUT2D eigenvalue weighted by atomic mass is 10.0. The molecule has 1 saturated heterocycles. The molecule has 0 radical (unpaired) electrons. The Morgan fingerprint density at radius 2 is 1.76 bits per heavy atom. The third kappa shape index (κ3) is 5.30. The fraction of sp³-hybridized carbons (Fsp3) is 0.500. The average molecular weight is 397 g/mol. The van der Waals surface area contributed by atoms with Crippen molar-refractivity contribution in [3.05, 3.63) is 59.2 Å². The molecular formula is C24H32N2O3. The van der Waals surface area contributed by atoms with Gasteiger partial charge in [-0.25, -0.2) is 0 Å². The van der Waals surface area contributed by atoms with Gasteiger partial charge in [0.05, 0.1) is 6.10 Å². The first-order valence-corrected chi connectivity index (χ1v) is 10.7. The van der Waals surface area contributed by atoms with Crippen molar-refractivity contribution in [3.63, 3.8) is 0 Å². The van der Waals surface area contributed by atoms with Crippen molar-refractivity contribution in [2.45, 2.75) is 51.4 Å². The number of aromatic hydroxyl groups is 1. The molecule has 0 spiro atoms. The van der Waals surface area contributed by atoms with Gasteiger partial charge >= 0.3 is 0 Å². The van der Waals surface area contributed by atoms with Gasteiger partial charge in [0.15, 0.2) is 0 Å². The van der Waals surface area contributed by atoms with Crippen LogP contribution in [0.5, 0.6) is 11.5 Å². The number of hydrogen-bond donors (Lipinski definition) is 2. The Hall–Kier alpha value is -2.08. The highest BCUT2D eigenvalue weighted by molar-refractivity contribution is 5.38. The zero-order chi connectivity index (χ0) is 20.2. The van der Waals surface area contributed by atoms with Crippen LogP contribution in [0.4, 0.5) is 0 Å². The molecule has 2 aromatic carbocycles. The second kappa shape index (κ2) is 9.16. The highest BCUT2D eigenvalue weighted by Crippen LogP contribution is 2.27. The van der Waals surface area contributed by atoms with Crippen LogP contribution in [0, 0.1) is 0 Å². The van der Waals surface area contributed by atoms with E-state index >= 15 is 0 Å². The molecule has 29 heavy (non-hydrogen) atoms. The van der Waals surface area contributed by atoms with E-state index in [1.807, 2.05) is 12.1 Å². The van der Waals surface area contributed by atoms with Crippen LogP contribution in [0.1, 0.15) is 36.5 Å². The smallest absolute Gasteiger partial charge is 0.123 e. The summed E-state index contributed by atoms with van der Waals surface area (Å²) in [5.41, 5.74) is 3.81. The van der Waals surface area contributed by atoms with E-state index in [2.05, 4.69) is 34.9 Å². The Labute approximate surface area is 173 Å². The van der Waals surface area contributed by atoms with E-state index in [0.29, 0.717) is 18.4 Å². The van der Waals surface area contributed by atoms with Gasteiger partial charge in [-0.05, 0) is 61.6 Å². The quantitative estimate of drug-likeness (QED) is 0.813. The van der Waals surface area contributed by atoms with Crippen molar-refractivity contribution in [3.8, 4) is 11.5 Å². The number of ether oxygens (including phenoxy) is 1. The molecule has 5 nitrogen and oxygen atoms in total. The number of benzene rings is 2. The average Bonchev–Trinajstić information content (AvgIpc) is 2.93. The van der Waals surface area contributed by atoms with Gasteiger partial charge in [0, 0.05) is 44.3 Å². The zero-order valence-electron chi connectivity index (χ0n) is 17.3. The molecule has 2 N–H and O–H groups in total. The molecule has 4 rings (SSSR count). The second-order valence-electron chi connectivity index (χ2n) is 8.49. The van der Waals surface area contributed by atoms with E-state index in [1.54, 1.807) is 12.1 Å². The molecule has 2 aliphatic rings. The summed E-state index contributed by atoms with van der Waals surface area (Å²) in [6, 6.07) is 14.5. The maximum Gasteiger partial charge on any atom is 0.123 e. The summed E-state index contributed by atoms with van der Waals surface area (Å²) in [6.45, 7) is 7.63. The minimum absolute atomic E-state index is 0.129. The number of phenols is 1. The SMILES string of the molecule is CC(Cc1ccc(O)cc1)N1CCOc2ccc(CN3CCC(O)CC3)cc2C1. The summed E-state index contributed by atoms with van der Waals surface area (Å²) in [5, 5.41) is 19.2. The molecule has 2 aromatic rings. The molecule has 0 aromatic heterocycles. The Morgan fingerprint density at radius 1 is 1.03 bits per heavy atom. The first-order valence-electron chi connectivity index (χ1n) is 10.7. The summed E-state index contributed by atoms with van der Waals surface area (Å²) < 4.78 is 6.03. The number of fused-ring (bicyclic) bond motifs is 1. The Balaban J connectivity index is 1.42. The van der Waals surface area contributed by atoms with E-state index < -0.39 is 0 Å². The molecule has 0 saturated carbocycles. The van der Waals surface area contributed by atoms with E-state index in [4.69, 9.17) is 4.74 Å². The van der Waals surface area contributed by atoms with Crippen molar-refractivity contribution in [2.24, 2.45) is 0 Å².